The Morgan fingerprint density at radius 1 is 1.64 bits per heavy atom. The van der Waals surface area contributed by atoms with E-state index in [0.29, 0.717) is 0 Å². The van der Waals surface area contributed by atoms with E-state index >= 15 is 0 Å². The summed E-state index contributed by atoms with van der Waals surface area (Å²) in [4.78, 5) is 0. The summed E-state index contributed by atoms with van der Waals surface area (Å²) in [7, 11) is -0.992. The summed E-state index contributed by atoms with van der Waals surface area (Å²) in [6.07, 6.45) is 2.71. The lowest BCUT2D eigenvalue weighted by Crippen LogP contribution is -2.46. The van der Waals surface area contributed by atoms with Crippen LogP contribution < -0.4 is 0 Å². The molecule has 0 bridgehead atoms. The van der Waals surface area contributed by atoms with Crippen molar-refractivity contribution in [2.45, 2.75) is 38.6 Å². The maximum atomic E-state index is 10.2. The van der Waals surface area contributed by atoms with Gasteiger partial charge in [-0.25, -0.2) is 0 Å². The standard InChI is InChI=1S/C9H20OSi/c1-6-8(3)9(10,7-2)11(4)5/h6,8,10-11H,1,7H2,2-5H3. The molecule has 0 rings (SSSR count). The lowest BCUT2D eigenvalue weighted by atomic mass is 10.0. The first-order valence-electron chi connectivity index (χ1n) is 4.34. The summed E-state index contributed by atoms with van der Waals surface area (Å²) in [6.45, 7) is 12.2. The van der Waals surface area contributed by atoms with E-state index in [-0.39, 0.29) is 5.92 Å². The van der Waals surface area contributed by atoms with Crippen LogP contribution in [0, 0.1) is 5.92 Å². The lowest BCUT2D eigenvalue weighted by molar-refractivity contribution is 0.0793. The molecule has 0 radical (unpaired) electrons. The van der Waals surface area contributed by atoms with Gasteiger partial charge in [-0.2, -0.15) is 0 Å². The fourth-order valence-corrected chi connectivity index (χ4v) is 3.46. The first kappa shape index (κ1) is 10.9. The topological polar surface area (TPSA) is 20.2 Å². The summed E-state index contributed by atoms with van der Waals surface area (Å²) < 4.78 is 0. The molecule has 0 fully saturated rings. The third-order valence-electron chi connectivity index (χ3n) is 2.71. The van der Waals surface area contributed by atoms with Crippen LogP contribution in [0.3, 0.4) is 0 Å². The van der Waals surface area contributed by atoms with Gasteiger partial charge in [-0.05, 0) is 12.3 Å². The first-order valence-corrected chi connectivity index (χ1v) is 7.22. The second-order valence-electron chi connectivity index (χ2n) is 3.52. The van der Waals surface area contributed by atoms with Crippen molar-refractivity contribution < 1.29 is 5.11 Å². The monoisotopic (exact) mass is 172 g/mol. The van der Waals surface area contributed by atoms with Crippen LogP contribution in [0.2, 0.25) is 13.1 Å². The highest BCUT2D eigenvalue weighted by atomic mass is 28.3. The van der Waals surface area contributed by atoms with E-state index < -0.39 is 14.0 Å². The molecule has 0 aromatic carbocycles. The van der Waals surface area contributed by atoms with Gasteiger partial charge in [0.25, 0.3) is 0 Å². The third kappa shape index (κ3) is 2.17. The van der Waals surface area contributed by atoms with Crippen molar-refractivity contribution in [3.8, 4) is 0 Å². The molecule has 2 atom stereocenters. The van der Waals surface area contributed by atoms with Gasteiger partial charge in [0, 0.05) is 0 Å². The molecule has 0 aromatic rings. The molecule has 0 aromatic heterocycles. The molecule has 0 saturated carbocycles. The molecule has 2 heteroatoms. The van der Waals surface area contributed by atoms with Gasteiger partial charge in [0.2, 0.25) is 0 Å². The zero-order valence-electron chi connectivity index (χ0n) is 8.09. The van der Waals surface area contributed by atoms with Crippen LogP contribution >= 0.6 is 0 Å². The molecule has 11 heavy (non-hydrogen) atoms. The average molecular weight is 172 g/mol. The molecule has 0 spiro atoms. The van der Waals surface area contributed by atoms with Crippen molar-refractivity contribution in [3.05, 3.63) is 12.7 Å². The summed E-state index contributed by atoms with van der Waals surface area (Å²) in [5, 5.41) is 9.73. The van der Waals surface area contributed by atoms with Gasteiger partial charge in [-0.15, -0.1) is 6.58 Å². The Bertz CT molecular complexity index is 134. The normalized spacial score (nSPS) is 19.5. The highest BCUT2D eigenvalue weighted by Crippen LogP contribution is 2.25. The van der Waals surface area contributed by atoms with Gasteiger partial charge < -0.3 is 5.11 Å². The van der Waals surface area contributed by atoms with Crippen LogP contribution in [0.25, 0.3) is 0 Å². The zero-order valence-corrected chi connectivity index (χ0v) is 9.25. The van der Waals surface area contributed by atoms with E-state index in [1.54, 1.807) is 0 Å². The Labute approximate surface area is 71.7 Å². The maximum Gasteiger partial charge on any atom is 0.0699 e. The predicted molar refractivity (Wildman–Crippen MR) is 53.5 cm³/mol. The van der Waals surface area contributed by atoms with Gasteiger partial charge in [0.05, 0.1) is 14.0 Å². The maximum absolute atomic E-state index is 10.2. The zero-order chi connectivity index (χ0) is 9.07. The molecule has 1 nitrogen and oxygen atoms in total. The van der Waals surface area contributed by atoms with Gasteiger partial charge in [0.15, 0.2) is 0 Å². The molecule has 0 heterocycles. The molecular weight excluding hydrogens is 152 g/mol. The molecule has 0 aliphatic heterocycles. The van der Waals surface area contributed by atoms with Gasteiger partial charge in [0.1, 0.15) is 0 Å². The quantitative estimate of drug-likeness (QED) is 0.508. The minimum Gasteiger partial charge on any atom is -0.393 e. The van der Waals surface area contributed by atoms with Gasteiger partial charge >= 0.3 is 0 Å². The molecule has 0 aliphatic carbocycles. The van der Waals surface area contributed by atoms with Crippen molar-refractivity contribution in [1.82, 2.24) is 0 Å². The third-order valence-corrected chi connectivity index (χ3v) is 5.64. The highest BCUT2D eigenvalue weighted by molar-refractivity contribution is 6.59. The second-order valence-corrected chi connectivity index (χ2v) is 6.83. The first-order chi connectivity index (χ1) is 4.99. The summed E-state index contributed by atoms with van der Waals surface area (Å²) >= 11 is 0. The number of hydrogen-bond donors (Lipinski definition) is 1. The SMILES string of the molecule is C=CC(C)C(O)(CC)[SiH](C)C. The van der Waals surface area contributed by atoms with Crippen LogP contribution in [-0.2, 0) is 0 Å². The van der Waals surface area contributed by atoms with E-state index in [4.69, 9.17) is 0 Å². The second kappa shape index (κ2) is 4.07. The van der Waals surface area contributed by atoms with Crippen LogP contribution in [0.1, 0.15) is 20.3 Å². The average Bonchev–Trinajstić information content (AvgIpc) is 2.01. The predicted octanol–water partition coefficient (Wildman–Crippen LogP) is 1.98. The number of hydrogen-bond acceptors (Lipinski definition) is 1. The largest absolute Gasteiger partial charge is 0.393 e. The Morgan fingerprint density at radius 2 is 2.09 bits per heavy atom. The van der Waals surface area contributed by atoms with Crippen LogP contribution in [0.15, 0.2) is 12.7 Å². The smallest absolute Gasteiger partial charge is 0.0699 e. The van der Waals surface area contributed by atoms with Crippen molar-refractivity contribution in [3.63, 3.8) is 0 Å². The van der Waals surface area contributed by atoms with Gasteiger partial charge in [-0.3, -0.25) is 0 Å². The fourth-order valence-electron chi connectivity index (χ4n) is 1.46. The van der Waals surface area contributed by atoms with Crippen molar-refractivity contribution in [1.29, 1.82) is 0 Å². The number of aliphatic hydroxyl groups is 1. The minimum atomic E-state index is -0.992. The van der Waals surface area contributed by atoms with Crippen LogP contribution in [0.4, 0.5) is 0 Å². The fraction of sp³-hybridized carbons (Fsp3) is 0.778. The Hall–Kier alpha value is -0.0831. The summed E-state index contributed by atoms with van der Waals surface area (Å²) in [5.74, 6) is 0.235. The molecule has 1 N–H and O–H groups in total. The van der Waals surface area contributed by atoms with E-state index in [1.165, 1.54) is 0 Å². The van der Waals surface area contributed by atoms with Crippen LogP contribution in [0.5, 0.6) is 0 Å². The van der Waals surface area contributed by atoms with E-state index in [0.717, 1.165) is 6.42 Å². The van der Waals surface area contributed by atoms with Crippen molar-refractivity contribution >= 4 is 8.80 Å². The summed E-state index contributed by atoms with van der Waals surface area (Å²) in [6, 6.07) is 0. The van der Waals surface area contributed by atoms with Crippen molar-refractivity contribution in [2.75, 3.05) is 0 Å². The molecule has 0 saturated heterocycles. The van der Waals surface area contributed by atoms with Crippen molar-refractivity contribution in [2.24, 2.45) is 5.92 Å². The Balaban J connectivity index is 4.44. The van der Waals surface area contributed by atoms with Crippen LogP contribution in [-0.4, -0.2) is 19.1 Å². The molecule has 2 unspecified atom stereocenters. The highest BCUT2D eigenvalue weighted by Gasteiger charge is 2.33. The number of rotatable bonds is 4. The molecule has 66 valence electrons. The molecule has 0 amide bonds. The Morgan fingerprint density at radius 3 is 2.18 bits per heavy atom. The van der Waals surface area contributed by atoms with E-state index in [9.17, 15) is 5.11 Å². The molecule has 0 aliphatic rings. The van der Waals surface area contributed by atoms with E-state index in [2.05, 4.69) is 19.7 Å². The minimum absolute atomic E-state index is 0.235. The van der Waals surface area contributed by atoms with E-state index in [1.807, 2.05) is 19.9 Å². The summed E-state index contributed by atoms with van der Waals surface area (Å²) in [5.41, 5.74) is 0. The molecular formula is C9H20OSi. The Kier molecular flexibility index (Phi) is 4.04. The van der Waals surface area contributed by atoms with Gasteiger partial charge in [-0.1, -0.05) is 33.0 Å². The lowest BCUT2D eigenvalue weighted by Gasteiger charge is -2.34.